The summed E-state index contributed by atoms with van der Waals surface area (Å²) in [6.07, 6.45) is 2.87. The van der Waals surface area contributed by atoms with Crippen molar-refractivity contribution in [2.75, 3.05) is 11.9 Å². The minimum Gasteiger partial charge on any atom is -0.340 e. The Kier molecular flexibility index (Phi) is 5.58. The Morgan fingerprint density at radius 1 is 1.10 bits per heavy atom. The van der Waals surface area contributed by atoms with Crippen LogP contribution in [0.2, 0.25) is 0 Å². The second kappa shape index (κ2) is 8.16. The molecule has 1 atom stereocenters. The number of rotatable bonds is 5. The van der Waals surface area contributed by atoms with Crippen LogP contribution in [-0.2, 0) is 10.0 Å². The summed E-state index contributed by atoms with van der Waals surface area (Å²) in [4.78, 5) is 16.5. The molecule has 1 saturated heterocycles. The number of aromatic nitrogens is 1. The van der Waals surface area contributed by atoms with E-state index in [4.69, 9.17) is 0 Å². The molecule has 1 aliphatic rings. The number of fused-ring (bicyclic) bond motifs is 1. The number of ketones is 1. The molecule has 0 amide bonds. The first-order chi connectivity index (χ1) is 14.3. The van der Waals surface area contributed by atoms with Crippen molar-refractivity contribution in [3.63, 3.8) is 0 Å². The molecule has 0 spiro atoms. The normalized spacial score (nSPS) is 17.7. The van der Waals surface area contributed by atoms with Crippen LogP contribution in [0.3, 0.4) is 0 Å². The third-order valence-electron chi connectivity index (χ3n) is 5.55. The van der Waals surface area contributed by atoms with E-state index in [2.05, 4.69) is 10.3 Å². The molecule has 1 aromatic heterocycles. The average Bonchev–Trinajstić information content (AvgIpc) is 2.73. The van der Waals surface area contributed by atoms with Crippen molar-refractivity contribution in [1.29, 1.82) is 0 Å². The zero-order valence-electron chi connectivity index (χ0n) is 17.1. The summed E-state index contributed by atoms with van der Waals surface area (Å²) in [5.74, 6) is 0.630. The number of hydrogen-bond acceptors (Lipinski definition) is 5. The standard InChI is InChI=1S/C23H25N3O3S/c1-16-6-3-4-13-26(16)30(28,29)21-10-11-22-19(15-21)9-12-23(25-22)24-20-8-5-7-18(14-20)17(2)27/h5,7-12,14-16H,3-4,6,13H2,1-2H3,(H,24,25)/t16-/m1/s1. The van der Waals surface area contributed by atoms with Crippen molar-refractivity contribution >= 4 is 38.2 Å². The predicted molar refractivity (Wildman–Crippen MR) is 119 cm³/mol. The maximum absolute atomic E-state index is 13.1. The van der Waals surface area contributed by atoms with E-state index >= 15 is 0 Å². The molecule has 30 heavy (non-hydrogen) atoms. The maximum Gasteiger partial charge on any atom is 0.243 e. The van der Waals surface area contributed by atoms with Gasteiger partial charge in [0, 0.05) is 29.2 Å². The van der Waals surface area contributed by atoms with Crippen LogP contribution < -0.4 is 5.32 Å². The lowest BCUT2D eigenvalue weighted by molar-refractivity contribution is 0.101. The van der Waals surface area contributed by atoms with Crippen molar-refractivity contribution < 1.29 is 13.2 Å². The lowest BCUT2D eigenvalue weighted by atomic mass is 10.1. The van der Waals surface area contributed by atoms with E-state index in [1.54, 1.807) is 34.6 Å². The summed E-state index contributed by atoms with van der Waals surface area (Å²) in [5, 5.41) is 3.97. The van der Waals surface area contributed by atoms with Gasteiger partial charge in [-0.2, -0.15) is 4.31 Å². The second-order valence-electron chi connectivity index (χ2n) is 7.77. The molecule has 156 valence electrons. The van der Waals surface area contributed by atoms with Crippen LogP contribution in [-0.4, -0.2) is 36.1 Å². The summed E-state index contributed by atoms with van der Waals surface area (Å²) in [5.41, 5.74) is 2.10. The lowest BCUT2D eigenvalue weighted by Crippen LogP contribution is -2.41. The molecule has 1 fully saturated rings. The maximum atomic E-state index is 13.1. The van der Waals surface area contributed by atoms with Crippen molar-refractivity contribution in [2.24, 2.45) is 0 Å². The molecule has 2 heterocycles. The number of benzene rings is 2. The lowest BCUT2D eigenvalue weighted by Gasteiger charge is -2.32. The van der Waals surface area contributed by atoms with Crippen LogP contribution >= 0.6 is 0 Å². The Hall–Kier alpha value is -2.77. The summed E-state index contributed by atoms with van der Waals surface area (Å²) in [6.45, 7) is 4.07. The minimum atomic E-state index is -3.52. The van der Waals surface area contributed by atoms with E-state index in [0.717, 1.165) is 30.3 Å². The van der Waals surface area contributed by atoms with Crippen LogP contribution in [0.4, 0.5) is 11.5 Å². The fourth-order valence-corrected chi connectivity index (χ4v) is 5.60. The number of nitrogens with one attached hydrogen (secondary N) is 1. The summed E-state index contributed by atoms with van der Waals surface area (Å²) in [7, 11) is -3.52. The van der Waals surface area contributed by atoms with Crippen LogP contribution in [0.1, 0.15) is 43.5 Å². The smallest absolute Gasteiger partial charge is 0.243 e. The average molecular weight is 424 g/mol. The van der Waals surface area contributed by atoms with Gasteiger partial charge in [0.1, 0.15) is 5.82 Å². The summed E-state index contributed by atoms with van der Waals surface area (Å²) in [6, 6.07) is 16.0. The quantitative estimate of drug-likeness (QED) is 0.600. The van der Waals surface area contributed by atoms with Crippen LogP contribution in [0.5, 0.6) is 0 Å². The SMILES string of the molecule is CC(=O)c1cccc(Nc2ccc3cc(S(=O)(=O)N4CCCC[C@H]4C)ccc3n2)c1. The Morgan fingerprint density at radius 2 is 1.93 bits per heavy atom. The van der Waals surface area contributed by atoms with Gasteiger partial charge < -0.3 is 5.32 Å². The monoisotopic (exact) mass is 423 g/mol. The number of carbonyl (C=O) groups excluding carboxylic acids is 1. The first-order valence-electron chi connectivity index (χ1n) is 10.2. The largest absolute Gasteiger partial charge is 0.340 e. The highest BCUT2D eigenvalue weighted by Crippen LogP contribution is 2.28. The number of pyridine rings is 1. The van der Waals surface area contributed by atoms with E-state index in [9.17, 15) is 13.2 Å². The highest BCUT2D eigenvalue weighted by atomic mass is 32.2. The molecule has 0 aliphatic carbocycles. The van der Waals surface area contributed by atoms with Crippen molar-refractivity contribution in [1.82, 2.24) is 9.29 Å². The van der Waals surface area contributed by atoms with Crippen molar-refractivity contribution in [3.05, 3.63) is 60.2 Å². The molecular weight excluding hydrogens is 398 g/mol. The fraction of sp³-hybridized carbons (Fsp3) is 0.304. The number of hydrogen-bond donors (Lipinski definition) is 1. The molecule has 1 N–H and O–H groups in total. The number of piperidine rings is 1. The predicted octanol–water partition coefficient (Wildman–Crippen LogP) is 4.74. The topological polar surface area (TPSA) is 79.4 Å². The van der Waals surface area contributed by atoms with E-state index in [1.807, 2.05) is 31.2 Å². The van der Waals surface area contributed by atoms with Gasteiger partial charge in [-0.3, -0.25) is 4.79 Å². The number of nitrogens with zero attached hydrogens (tertiary/aromatic N) is 2. The van der Waals surface area contributed by atoms with Gasteiger partial charge in [-0.15, -0.1) is 0 Å². The van der Waals surface area contributed by atoms with Crippen LogP contribution in [0.15, 0.2) is 59.5 Å². The van der Waals surface area contributed by atoms with Gasteiger partial charge in [-0.25, -0.2) is 13.4 Å². The third kappa shape index (κ3) is 4.08. The summed E-state index contributed by atoms with van der Waals surface area (Å²) < 4.78 is 27.8. The second-order valence-corrected chi connectivity index (χ2v) is 9.66. The molecule has 0 bridgehead atoms. The van der Waals surface area contributed by atoms with Crippen molar-refractivity contribution in [3.8, 4) is 0 Å². The Balaban J connectivity index is 1.61. The Bertz CT molecular complexity index is 1210. The molecule has 0 unspecified atom stereocenters. The van der Waals surface area contributed by atoms with E-state index < -0.39 is 10.0 Å². The summed E-state index contributed by atoms with van der Waals surface area (Å²) >= 11 is 0. The van der Waals surface area contributed by atoms with E-state index in [-0.39, 0.29) is 11.8 Å². The molecule has 7 heteroatoms. The van der Waals surface area contributed by atoms with Crippen LogP contribution in [0, 0.1) is 0 Å². The molecule has 0 radical (unpaired) electrons. The number of anilines is 2. The highest BCUT2D eigenvalue weighted by Gasteiger charge is 2.31. The Labute approximate surface area is 177 Å². The third-order valence-corrected chi connectivity index (χ3v) is 7.56. The van der Waals surface area contributed by atoms with Crippen LogP contribution in [0.25, 0.3) is 10.9 Å². The zero-order valence-corrected chi connectivity index (χ0v) is 17.9. The number of carbonyl (C=O) groups is 1. The van der Waals surface area contributed by atoms with Gasteiger partial charge in [0.15, 0.2) is 5.78 Å². The first kappa shape index (κ1) is 20.5. The van der Waals surface area contributed by atoms with Gasteiger partial charge in [0.25, 0.3) is 0 Å². The molecule has 4 rings (SSSR count). The molecule has 1 aliphatic heterocycles. The number of sulfonamides is 1. The Morgan fingerprint density at radius 3 is 2.70 bits per heavy atom. The number of Topliss-reactive ketones (excluding diaryl/α,β-unsaturated/α-hetero) is 1. The molecule has 2 aromatic carbocycles. The molecule has 6 nitrogen and oxygen atoms in total. The zero-order chi connectivity index (χ0) is 21.3. The molecule has 0 saturated carbocycles. The van der Waals surface area contributed by atoms with Gasteiger partial charge in [0.2, 0.25) is 10.0 Å². The van der Waals surface area contributed by atoms with Gasteiger partial charge in [-0.1, -0.05) is 18.6 Å². The van der Waals surface area contributed by atoms with Gasteiger partial charge in [0.05, 0.1) is 10.4 Å². The van der Waals surface area contributed by atoms with E-state index in [0.29, 0.717) is 28.3 Å². The van der Waals surface area contributed by atoms with Crippen molar-refractivity contribution in [2.45, 2.75) is 44.0 Å². The highest BCUT2D eigenvalue weighted by molar-refractivity contribution is 7.89. The van der Waals surface area contributed by atoms with E-state index in [1.165, 1.54) is 6.92 Å². The molecular formula is C23H25N3O3S. The minimum absolute atomic E-state index is 0.00174. The molecule has 3 aromatic rings. The fourth-order valence-electron chi connectivity index (χ4n) is 3.86. The van der Waals surface area contributed by atoms with Gasteiger partial charge in [-0.05, 0) is 69.2 Å². The van der Waals surface area contributed by atoms with Gasteiger partial charge >= 0.3 is 0 Å². The first-order valence-corrected chi connectivity index (χ1v) is 11.6.